The van der Waals surface area contributed by atoms with Crippen molar-refractivity contribution in [3.05, 3.63) is 65.5 Å². The molecule has 0 radical (unpaired) electrons. The number of halogens is 2. The van der Waals surface area contributed by atoms with Gasteiger partial charge in [-0.1, -0.05) is 42.0 Å². The second-order valence-electron chi connectivity index (χ2n) is 7.20. The van der Waals surface area contributed by atoms with Crippen molar-refractivity contribution in [2.75, 3.05) is 38.2 Å². The summed E-state index contributed by atoms with van der Waals surface area (Å²) >= 11 is 0. The maximum Gasteiger partial charge on any atom is 0.297 e. The summed E-state index contributed by atoms with van der Waals surface area (Å²) < 4.78 is 32.1. The Morgan fingerprint density at radius 1 is 1.03 bits per heavy atom. The number of para-hydroxylation sites is 1. The van der Waals surface area contributed by atoms with Crippen molar-refractivity contribution < 1.29 is 13.5 Å². The van der Waals surface area contributed by atoms with Gasteiger partial charge in [0.2, 0.25) is 0 Å². The minimum absolute atomic E-state index is 0.0863. The number of fused-ring (bicyclic) bond motifs is 1. The predicted molar refractivity (Wildman–Crippen MR) is 109 cm³/mol. The number of hydrogen-bond acceptors (Lipinski definition) is 5. The highest BCUT2D eigenvalue weighted by atomic mass is 19.3. The highest BCUT2D eigenvalue weighted by Gasteiger charge is 2.23. The smallest absolute Gasteiger partial charge is 0.297 e. The molecule has 1 saturated heterocycles. The molecule has 1 atom stereocenters. The van der Waals surface area contributed by atoms with Crippen molar-refractivity contribution in [1.29, 1.82) is 0 Å². The molecule has 29 heavy (non-hydrogen) atoms. The van der Waals surface area contributed by atoms with Gasteiger partial charge in [0.25, 0.3) is 6.43 Å². The Labute approximate surface area is 168 Å². The van der Waals surface area contributed by atoms with Gasteiger partial charge in [-0.15, -0.1) is 0 Å². The molecule has 0 aliphatic carbocycles. The Morgan fingerprint density at radius 3 is 2.48 bits per heavy atom. The largest absolute Gasteiger partial charge is 0.379 e. The van der Waals surface area contributed by atoms with Crippen LogP contribution in [0, 0.1) is 6.92 Å². The number of nitrogens with one attached hydrogen (secondary N) is 1. The van der Waals surface area contributed by atoms with Crippen LogP contribution in [0.2, 0.25) is 0 Å². The quantitative estimate of drug-likeness (QED) is 0.669. The molecule has 1 unspecified atom stereocenters. The number of hydrogen-bond donors (Lipinski definition) is 1. The van der Waals surface area contributed by atoms with Crippen LogP contribution in [0.5, 0.6) is 0 Å². The minimum atomic E-state index is -2.72. The van der Waals surface area contributed by atoms with E-state index in [-0.39, 0.29) is 6.04 Å². The van der Waals surface area contributed by atoms with Crippen LogP contribution in [0.25, 0.3) is 10.9 Å². The van der Waals surface area contributed by atoms with E-state index in [1.807, 2.05) is 12.1 Å². The van der Waals surface area contributed by atoms with Crippen molar-refractivity contribution in [2.24, 2.45) is 0 Å². The number of anilines is 1. The average molecular weight is 398 g/mol. The predicted octanol–water partition coefficient (Wildman–Crippen LogP) is 4.36. The van der Waals surface area contributed by atoms with E-state index in [0.717, 1.165) is 18.5 Å². The number of ether oxygens (including phenoxy) is 1. The Balaban J connectivity index is 1.64. The van der Waals surface area contributed by atoms with Crippen LogP contribution in [-0.4, -0.2) is 47.7 Å². The van der Waals surface area contributed by atoms with Gasteiger partial charge in [-0.05, 0) is 24.6 Å². The zero-order chi connectivity index (χ0) is 20.2. The monoisotopic (exact) mass is 398 g/mol. The number of benzene rings is 2. The SMILES string of the molecule is Cc1ccc(C(CNc2nc(C(F)F)nc3ccccc23)N2CCOCC2)cc1. The number of rotatable bonds is 6. The van der Waals surface area contributed by atoms with E-state index in [9.17, 15) is 8.78 Å². The van der Waals surface area contributed by atoms with Gasteiger partial charge in [-0.3, -0.25) is 4.90 Å². The second-order valence-corrected chi connectivity index (χ2v) is 7.20. The van der Waals surface area contributed by atoms with E-state index in [0.29, 0.717) is 31.1 Å². The number of aryl methyl sites for hydroxylation is 1. The van der Waals surface area contributed by atoms with Crippen LogP contribution in [0.3, 0.4) is 0 Å². The summed E-state index contributed by atoms with van der Waals surface area (Å²) in [5, 5.41) is 4.06. The molecule has 1 aromatic heterocycles. The van der Waals surface area contributed by atoms with E-state index < -0.39 is 12.2 Å². The number of morpholine rings is 1. The Bertz CT molecular complexity index is 959. The molecule has 1 aliphatic rings. The Kier molecular flexibility index (Phi) is 5.97. The van der Waals surface area contributed by atoms with Crippen LogP contribution in [0.1, 0.15) is 29.4 Å². The fraction of sp³-hybridized carbons (Fsp3) is 0.364. The van der Waals surface area contributed by atoms with Gasteiger partial charge >= 0.3 is 0 Å². The molecule has 4 rings (SSSR count). The van der Waals surface area contributed by atoms with E-state index in [1.54, 1.807) is 12.1 Å². The second kappa shape index (κ2) is 8.80. The maximum atomic E-state index is 13.3. The molecule has 2 aromatic carbocycles. The first-order chi connectivity index (χ1) is 14.1. The molecule has 0 amide bonds. The van der Waals surface area contributed by atoms with E-state index in [2.05, 4.69) is 51.4 Å². The van der Waals surface area contributed by atoms with Crippen molar-refractivity contribution in [1.82, 2.24) is 14.9 Å². The summed E-state index contributed by atoms with van der Waals surface area (Å²) in [5.74, 6) is -0.0132. The van der Waals surface area contributed by atoms with Crippen molar-refractivity contribution in [3.8, 4) is 0 Å². The maximum absolute atomic E-state index is 13.3. The molecule has 7 heteroatoms. The molecule has 1 aliphatic heterocycles. The lowest BCUT2D eigenvalue weighted by Gasteiger charge is -2.35. The van der Waals surface area contributed by atoms with Crippen molar-refractivity contribution in [2.45, 2.75) is 19.4 Å². The van der Waals surface area contributed by atoms with Gasteiger partial charge in [0.15, 0.2) is 5.82 Å². The van der Waals surface area contributed by atoms with Crippen LogP contribution < -0.4 is 5.32 Å². The highest BCUT2D eigenvalue weighted by molar-refractivity contribution is 5.89. The summed E-state index contributed by atoms with van der Waals surface area (Å²) in [6, 6.07) is 15.8. The van der Waals surface area contributed by atoms with Gasteiger partial charge < -0.3 is 10.1 Å². The van der Waals surface area contributed by atoms with E-state index >= 15 is 0 Å². The van der Waals surface area contributed by atoms with Crippen LogP contribution in [-0.2, 0) is 4.74 Å². The summed E-state index contributed by atoms with van der Waals surface area (Å²) in [6.07, 6.45) is -2.72. The lowest BCUT2D eigenvalue weighted by molar-refractivity contribution is 0.0187. The van der Waals surface area contributed by atoms with Crippen molar-refractivity contribution >= 4 is 16.7 Å². The number of nitrogens with zero attached hydrogens (tertiary/aromatic N) is 3. The zero-order valence-corrected chi connectivity index (χ0v) is 16.3. The Hall–Kier alpha value is -2.64. The summed E-state index contributed by atoms with van der Waals surface area (Å²) in [5.41, 5.74) is 2.89. The highest BCUT2D eigenvalue weighted by Crippen LogP contribution is 2.27. The molecule has 1 fully saturated rings. The summed E-state index contributed by atoms with van der Waals surface area (Å²) in [4.78, 5) is 10.5. The first kappa shape index (κ1) is 19.7. The van der Waals surface area contributed by atoms with Crippen LogP contribution >= 0.6 is 0 Å². The molecule has 152 valence electrons. The van der Waals surface area contributed by atoms with Gasteiger partial charge in [0, 0.05) is 25.0 Å². The minimum Gasteiger partial charge on any atom is -0.379 e. The number of alkyl halides is 2. The van der Waals surface area contributed by atoms with Gasteiger partial charge in [-0.25, -0.2) is 18.7 Å². The fourth-order valence-electron chi connectivity index (χ4n) is 3.66. The molecule has 1 N–H and O–H groups in total. The van der Waals surface area contributed by atoms with Gasteiger partial charge in [0.05, 0.1) is 24.8 Å². The molecule has 0 spiro atoms. The zero-order valence-electron chi connectivity index (χ0n) is 16.3. The van der Waals surface area contributed by atoms with Crippen LogP contribution in [0.15, 0.2) is 48.5 Å². The van der Waals surface area contributed by atoms with E-state index in [4.69, 9.17) is 4.74 Å². The summed E-state index contributed by atoms with van der Waals surface area (Å²) in [6.45, 7) is 5.64. The molecule has 0 saturated carbocycles. The lowest BCUT2D eigenvalue weighted by atomic mass is 10.0. The molecule has 0 bridgehead atoms. The van der Waals surface area contributed by atoms with Crippen molar-refractivity contribution in [3.63, 3.8) is 0 Å². The third-order valence-corrected chi connectivity index (χ3v) is 5.23. The average Bonchev–Trinajstić information content (AvgIpc) is 2.75. The molecule has 2 heterocycles. The van der Waals surface area contributed by atoms with Crippen LogP contribution in [0.4, 0.5) is 14.6 Å². The number of aromatic nitrogens is 2. The fourth-order valence-corrected chi connectivity index (χ4v) is 3.66. The standard InChI is InChI=1S/C22H24F2N4O/c1-15-6-8-16(9-7-15)19(28-10-12-29-13-11-28)14-25-21-17-4-2-3-5-18(17)26-22(27-21)20(23)24/h2-9,19-20H,10-14H2,1H3,(H,25,26,27). The first-order valence-corrected chi connectivity index (χ1v) is 9.79. The van der Waals surface area contributed by atoms with E-state index in [1.165, 1.54) is 11.1 Å². The lowest BCUT2D eigenvalue weighted by Crippen LogP contribution is -2.41. The molecule has 5 nitrogen and oxygen atoms in total. The molecule has 3 aromatic rings. The first-order valence-electron chi connectivity index (χ1n) is 9.79. The normalized spacial score (nSPS) is 16.3. The molecular weight excluding hydrogens is 374 g/mol. The molecular formula is C22H24F2N4O. The Morgan fingerprint density at radius 2 is 1.76 bits per heavy atom. The third kappa shape index (κ3) is 4.52. The van der Waals surface area contributed by atoms with Gasteiger partial charge in [-0.2, -0.15) is 0 Å². The topological polar surface area (TPSA) is 50.3 Å². The van der Waals surface area contributed by atoms with Gasteiger partial charge in [0.1, 0.15) is 5.82 Å². The third-order valence-electron chi connectivity index (χ3n) is 5.23. The summed E-state index contributed by atoms with van der Waals surface area (Å²) in [7, 11) is 0.